The molecule has 3 aliphatic rings. The van der Waals surface area contributed by atoms with Crippen LogP contribution >= 0.6 is 0 Å². The number of nitrogens with one attached hydrogen (secondary N) is 1. The zero-order valence-corrected chi connectivity index (χ0v) is 11.7. The Labute approximate surface area is 119 Å². The van der Waals surface area contributed by atoms with Gasteiger partial charge in [-0.1, -0.05) is 24.3 Å². The van der Waals surface area contributed by atoms with E-state index in [2.05, 4.69) is 29.6 Å². The van der Waals surface area contributed by atoms with Crippen molar-refractivity contribution < 1.29 is 4.79 Å². The van der Waals surface area contributed by atoms with Crippen molar-refractivity contribution in [1.82, 2.24) is 5.32 Å². The standard InChI is InChI=1S/C17H22N2O/c18-9-14(11-5-6-11)19-17(20)16-13-8-7-10-3-1-2-4-12(10)15(13)16/h1-4,11,13-16H,5-9,18H2,(H,19,20). The van der Waals surface area contributed by atoms with E-state index in [9.17, 15) is 4.79 Å². The van der Waals surface area contributed by atoms with Crippen LogP contribution in [0, 0.1) is 17.8 Å². The minimum Gasteiger partial charge on any atom is -0.352 e. The van der Waals surface area contributed by atoms with Gasteiger partial charge in [-0.3, -0.25) is 4.79 Å². The summed E-state index contributed by atoms with van der Waals surface area (Å²) in [5.74, 6) is 2.13. The molecule has 1 amide bonds. The average molecular weight is 270 g/mol. The summed E-state index contributed by atoms with van der Waals surface area (Å²) in [7, 11) is 0. The Hall–Kier alpha value is -1.35. The number of benzene rings is 1. The minimum absolute atomic E-state index is 0.200. The Kier molecular flexibility index (Phi) is 2.84. The lowest BCUT2D eigenvalue weighted by atomic mass is 9.92. The van der Waals surface area contributed by atoms with E-state index in [4.69, 9.17) is 5.73 Å². The number of aryl methyl sites for hydroxylation is 1. The Morgan fingerprint density at radius 2 is 2.10 bits per heavy atom. The first-order valence-electron chi connectivity index (χ1n) is 7.88. The maximum Gasteiger partial charge on any atom is 0.224 e. The fourth-order valence-corrected chi connectivity index (χ4v) is 4.07. The van der Waals surface area contributed by atoms with Gasteiger partial charge >= 0.3 is 0 Å². The normalized spacial score (nSPS) is 31.9. The zero-order chi connectivity index (χ0) is 13.7. The van der Waals surface area contributed by atoms with Crippen molar-refractivity contribution in [3.05, 3.63) is 35.4 Å². The summed E-state index contributed by atoms with van der Waals surface area (Å²) in [5, 5.41) is 3.21. The van der Waals surface area contributed by atoms with Gasteiger partial charge in [0.1, 0.15) is 0 Å². The summed E-state index contributed by atoms with van der Waals surface area (Å²) >= 11 is 0. The summed E-state index contributed by atoms with van der Waals surface area (Å²) in [6, 6.07) is 8.84. The zero-order valence-electron chi connectivity index (χ0n) is 11.7. The van der Waals surface area contributed by atoms with Crippen molar-refractivity contribution in [1.29, 1.82) is 0 Å². The van der Waals surface area contributed by atoms with Crippen LogP contribution in [-0.2, 0) is 11.2 Å². The van der Waals surface area contributed by atoms with Crippen molar-refractivity contribution in [2.75, 3.05) is 6.54 Å². The molecule has 0 bridgehead atoms. The molecule has 3 N–H and O–H groups in total. The minimum atomic E-state index is 0.200. The molecule has 106 valence electrons. The summed E-state index contributed by atoms with van der Waals surface area (Å²) < 4.78 is 0. The van der Waals surface area contributed by atoms with E-state index in [0.29, 0.717) is 24.3 Å². The molecule has 3 aliphatic carbocycles. The lowest BCUT2D eigenvalue weighted by Gasteiger charge is -2.16. The first-order valence-corrected chi connectivity index (χ1v) is 7.88. The third kappa shape index (κ3) is 1.96. The van der Waals surface area contributed by atoms with Gasteiger partial charge in [0.25, 0.3) is 0 Å². The lowest BCUT2D eigenvalue weighted by molar-refractivity contribution is -0.123. The molecule has 2 saturated carbocycles. The van der Waals surface area contributed by atoms with Crippen LogP contribution in [0.4, 0.5) is 0 Å². The van der Waals surface area contributed by atoms with Crippen LogP contribution in [0.2, 0.25) is 0 Å². The van der Waals surface area contributed by atoms with E-state index < -0.39 is 0 Å². The first-order chi connectivity index (χ1) is 9.79. The summed E-state index contributed by atoms with van der Waals surface area (Å²) in [6.07, 6.45) is 4.74. The Morgan fingerprint density at radius 1 is 1.30 bits per heavy atom. The molecule has 3 nitrogen and oxygen atoms in total. The molecule has 4 unspecified atom stereocenters. The molecule has 1 aromatic carbocycles. The number of nitrogens with two attached hydrogens (primary N) is 1. The Bertz CT molecular complexity index is 538. The fraction of sp³-hybridized carbons (Fsp3) is 0.588. The van der Waals surface area contributed by atoms with Crippen molar-refractivity contribution in [2.24, 2.45) is 23.5 Å². The molecule has 0 spiro atoms. The second-order valence-electron chi connectivity index (χ2n) is 6.64. The molecule has 0 radical (unpaired) electrons. The van der Waals surface area contributed by atoms with Crippen molar-refractivity contribution in [3.8, 4) is 0 Å². The highest BCUT2D eigenvalue weighted by Crippen LogP contribution is 2.59. The van der Waals surface area contributed by atoms with Gasteiger partial charge in [-0.05, 0) is 54.6 Å². The van der Waals surface area contributed by atoms with E-state index >= 15 is 0 Å². The van der Waals surface area contributed by atoms with Gasteiger partial charge in [-0.25, -0.2) is 0 Å². The quantitative estimate of drug-likeness (QED) is 0.877. The first kappa shape index (κ1) is 12.4. The SMILES string of the molecule is NCC(NC(=O)C1C2CCc3ccccc3C21)C1CC1. The average Bonchev–Trinajstić information content (AvgIpc) is 3.37. The van der Waals surface area contributed by atoms with Crippen LogP contribution in [0.25, 0.3) is 0 Å². The number of carbonyl (C=O) groups excluding carboxylic acids is 1. The number of hydrogen-bond acceptors (Lipinski definition) is 2. The van der Waals surface area contributed by atoms with Crippen LogP contribution in [0.5, 0.6) is 0 Å². The van der Waals surface area contributed by atoms with Crippen LogP contribution in [0.3, 0.4) is 0 Å². The third-order valence-electron chi connectivity index (χ3n) is 5.41. The highest BCUT2D eigenvalue weighted by atomic mass is 16.2. The molecule has 4 atom stereocenters. The molecular weight excluding hydrogens is 248 g/mol. The van der Waals surface area contributed by atoms with Gasteiger partial charge in [0.2, 0.25) is 5.91 Å². The largest absolute Gasteiger partial charge is 0.352 e. The molecule has 0 aliphatic heterocycles. The van der Waals surface area contributed by atoms with Gasteiger partial charge < -0.3 is 11.1 Å². The molecule has 0 saturated heterocycles. The molecule has 0 aromatic heterocycles. The highest BCUT2D eigenvalue weighted by Gasteiger charge is 2.57. The lowest BCUT2D eigenvalue weighted by Crippen LogP contribution is -2.42. The Balaban J connectivity index is 1.48. The number of amides is 1. The maximum atomic E-state index is 12.5. The van der Waals surface area contributed by atoms with E-state index in [-0.39, 0.29) is 17.9 Å². The molecule has 2 fully saturated rings. The van der Waals surface area contributed by atoms with Crippen molar-refractivity contribution >= 4 is 5.91 Å². The summed E-state index contributed by atoms with van der Waals surface area (Å²) in [6.45, 7) is 0.578. The van der Waals surface area contributed by atoms with Gasteiger partial charge in [0, 0.05) is 18.5 Å². The van der Waals surface area contributed by atoms with E-state index in [1.165, 1.54) is 24.0 Å². The van der Waals surface area contributed by atoms with Crippen LogP contribution < -0.4 is 11.1 Å². The van der Waals surface area contributed by atoms with Crippen LogP contribution in [0.1, 0.15) is 36.3 Å². The maximum absolute atomic E-state index is 12.5. The predicted molar refractivity (Wildman–Crippen MR) is 78.2 cm³/mol. The second-order valence-corrected chi connectivity index (χ2v) is 6.64. The molecule has 3 heteroatoms. The van der Waals surface area contributed by atoms with Crippen LogP contribution in [-0.4, -0.2) is 18.5 Å². The summed E-state index contributed by atoms with van der Waals surface area (Å²) in [4.78, 5) is 12.5. The van der Waals surface area contributed by atoms with Crippen molar-refractivity contribution in [3.63, 3.8) is 0 Å². The van der Waals surface area contributed by atoms with E-state index in [1.807, 2.05) is 0 Å². The molecule has 4 rings (SSSR count). The van der Waals surface area contributed by atoms with Gasteiger partial charge in [-0.2, -0.15) is 0 Å². The molecule has 0 heterocycles. The highest BCUT2D eigenvalue weighted by molar-refractivity contribution is 5.84. The van der Waals surface area contributed by atoms with Crippen molar-refractivity contribution in [2.45, 2.75) is 37.6 Å². The molecule has 20 heavy (non-hydrogen) atoms. The second kappa shape index (κ2) is 4.59. The number of fused-ring (bicyclic) bond motifs is 3. The number of carbonyl (C=O) groups is 1. The number of hydrogen-bond donors (Lipinski definition) is 2. The predicted octanol–water partition coefficient (Wildman–Crippen LogP) is 1.82. The molecule has 1 aromatic rings. The summed E-state index contributed by atoms with van der Waals surface area (Å²) in [5.41, 5.74) is 8.65. The monoisotopic (exact) mass is 270 g/mol. The van der Waals surface area contributed by atoms with E-state index in [0.717, 1.165) is 12.8 Å². The van der Waals surface area contributed by atoms with Gasteiger partial charge in [0.05, 0.1) is 0 Å². The molecular formula is C17H22N2O. The van der Waals surface area contributed by atoms with E-state index in [1.54, 1.807) is 0 Å². The topological polar surface area (TPSA) is 55.1 Å². The smallest absolute Gasteiger partial charge is 0.224 e. The van der Waals surface area contributed by atoms with Gasteiger partial charge in [0.15, 0.2) is 0 Å². The third-order valence-corrected chi connectivity index (χ3v) is 5.41. The van der Waals surface area contributed by atoms with Crippen LogP contribution in [0.15, 0.2) is 24.3 Å². The van der Waals surface area contributed by atoms with Gasteiger partial charge in [-0.15, -0.1) is 0 Å². The fourth-order valence-electron chi connectivity index (χ4n) is 4.07. The Morgan fingerprint density at radius 3 is 2.85 bits per heavy atom. The number of rotatable bonds is 4.